The lowest BCUT2D eigenvalue weighted by molar-refractivity contribution is 0.110. The summed E-state index contributed by atoms with van der Waals surface area (Å²) in [5, 5.41) is 5.71. The van der Waals surface area contributed by atoms with Crippen LogP contribution in [-0.2, 0) is 6.42 Å². The summed E-state index contributed by atoms with van der Waals surface area (Å²) in [6.45, 7) is 6.11. The smallest absolute Gasteiger partial charge is 0.0331 e. The van der Waals surface area contributed by atoms with E-state index in [0.29, 0.717) is 11.5 Å². The first kappa shape index (κ1) is 13.6. The van der Waals surface area contributed by atoms with Crippen LogP contribution in [0.5, 0.6) is 0 Å². The molecule has 1 aliphatic carbocycles. The molecule has 0 amide bonds. The number of fused-ring (bicyclic) bond motifs is 1. The SMILES string of the molecule is CNCC1(CN2CCc3sccc3C2C)CCCC1. The van der Waals surface area contributed by atoms with E-state index in [4.69, 9.17) is 0 Å². The molecule has 1 fully saturated rings. The zero-order valence-electron chi connectivity index (χ0n) is 12.2. The highest BCUT2D eigenvalue weighted by atomic mass is 32.1. The van der Waals surface area contributed by atoms with Crippen molar-refractivity contribution in [2.45, 2.75) is 45.1 Å². The summed E-state index contributed by atoms with van der Waals surface area (Å²) in [5.74, 6) is 0. The van der Waals surface area contributed by atoms with Gasteiger partial charge in [-0.15, -0.1) is 11.3 Å². The number of hydrogen-bond acceptors (Lipinski definition) is 3. The fraction of sp³-hybridized carbons (Fsp3) is 0.750. The summed E-state index contributed by atoms with van der Waals surface area (Å²) < 4.78 is 0. The topological polar surface area (TPSA) is 15.3 Å². The molecule has 1 saturated carbocycles. The Bertz CT molecular complexity index is 420. The van der Waals surface area contributed by atoms with Crippen LogP contribution >= 0.6 is 11.3 Å². The second kappa shape index (κ2) is 5.55. The van der Waals surface area contributed by atoms with Crippen molar-refractivity contribution in [2.24, 2.45) is 5.41 Å². The Kier molecular flexibility index (Phi) is 3.97. The molecule has 19 heavy (non-hydrogen) atoms. The molecule has 0 radical (unpaired) electrons. The van der Waals surface area contributed by atoms with Crippen LogP contribution in [0, 0.1) is 5.41 Å². The summed E-state index contributed by atoms with van der Waals surface area (Å²) in [6, 6.07) is 2.96. The highest BCUT2D eigenvalue weighted by Gasteiger charge is 2.37. The van der Waals surface area contributed by atoms with Gasteiger partial charge >= 0.3 is 0 Å². The molecule has 1 aromatic rings. The fourth-order valence-corrected chi connectivity index (χ4v) is 5.06. The Balaban J connectivity index is 1.73. The van der Waals surface area contributed by atoms with Gasteiger partial charge in [-0.3, -0.25) is 4.90 Å². The van der Waals surface area contributed by atoms with Crippen LogP contribution in [-0.4, -0.2) is 31.6 Å². The average molecular weight is 278 g/mol. The molecule has 0 bridgehead atoms. The predicted molar refractivity (Wildman–Crippen MR) is 82.8 cm³/mol. The maximum atomic E-state index is 3.44. The van der Waals surface area contributed by atoms with E-state index < -0.39 is 0 Å². The zero-order valence-corrected chi connectivity index (χ0v) is 13.1. The van der Waals surface area contributed by atoms with Crippen LogP contribution in [0.2, 0.25) is 0 Å². The van der Waals surface area contributed by atoms with Gasteiger partial charge in [0.2, 0.25) is 0 Å². The molecule has 0 spiro atoms. The molecular weight excluding hydrogens is 252 g/mol. The largest absolute Gasteiger partial charge is 0.319 e. The molecule has 1 aromatic heterocycles. The van der Waals surface area contributed by atoms with Crippen molar-refractivity contribution in [3.63, 3.8) is 0 Å². The Morgan fingerprint density at radius 1 is 1.42 bits per heavy atom. The van der Waals surface area contributed by atoms with Crippen molar-refractivity contribution in [2.75, 3.05) is 26.7 Å². The molecule has 2 nitrogen and oxygen atoms in total. The molecule has 106 valence electrons. The second-order valence-electron chi connectivity index (χ2n) is 6.43. The second-order valence-corrected chi connectivity index (χ2v) is 7.43. The predicted octanol–water partition coefficient (Wildman–Crippen LogP) is 3.45. The van der Waals surface area contributed by atoms with Crippen molar-refractivity contribution in [1.82, 2.24) is 10.2 Å². The van der Waals surface area contributed by atoms with E-state index in [1.54, 1.807) is 10.4 Å². The molecule has 1 aliphatic heterocycles. The summed E-state index contributed by atoms with van der Waals surface area (Å²) in [5.41, 5.74) is 2.13. The van der Waals surface area contributed by atoms with E-state index in [1.807, 2.05) is 11.3 Å². The Labute approximate surface area is 121 Å². The fourth-order valence-electron chi connectivity index (χ4n) is 4.10. The number of nitrogens with zero attached hydrogens (tertiary/aromatic N) is 1. The van der Waals surface area contributed by atoms with Crippen molar-refractivity contribution < 1.29 is 0 Å². The minimum atomic E-state index is 0.538. The molecule has 1 N–H and O–H groups in total. The maximum absolute atomic E-state index is 3.44. The third kappa shape index (κ3) is 2.61. The quantitative estimate of drug-likeness (QED) is 0.907. The van der Waals surface area contributed by atoms with E-state index in [1.165, 1.54) is 51.7 Å². The average Bonchev–Trinajstić information content (AvgIpc) is 3.03. The minimum Gasteiger partial charge on any atom is -0.319 e. The summed E-state index contributed by atoms with van der Waals surface area (Å²) >= 11 is 1.94. The molecular formula is C16H26N2S. The Morgan fingerprint density at radius 2 is 2.21 bits per heavy atom. The first-order valence-corrected chi connectivity index (χ1v) is 8.57. The van der Waals surface area contributed by atoms with E-state index in [0.717, 1.165) is 0 Å². The normalized spacial score (nSPS) is 26.5. The summed E-state index contributed by atoms with van der Waals surface area (Å²) in [4.78, 5) is 4.36. The number of thiophene rings is 1. The van der Waals surface area contributed by atoms with Crippen LogP contribution < -0.4 is 5.32 Å². The molecule has 2 aliphatic rings. The number of hydrogen-bond donors (Lipinski definition) is 1. The van der Waals surface area contributed by atoms with Gasteiger partial charge in [-0.1, -0.05) is 12.8 Å². The van der Waals surface area contributed by atoms with Gasteiger partial charge < -0.3 is 5.32 Å². The molecule has 1 unspecified atom stereocenters. The first-order valence-electron chi connectivity index (χ1n) is 7.69. The van der Waals surface area contributed by atoms with Gasteiger partial charge in [-0.25, -0.2) is 0 Å². The van der Waals surface area contributed by atoms with E-state index >= 15 is 0 Å². The molecule has 3 rings (SSSR count). The van der Waals surface area contributed by atoms with Crippen molar-refractivity contribution in [3.8, 4) is 0 Å². The first-order chi connectivity index (χ1) is 9.24. The van der Waals surface area contributed by atoms with Crippen molar-refractivity contribution in [3.05, 3.63) is 21.9 Å². The maximum Gasteiger partial charge on any atom is 0.0331 e. The molecule has 0 saturated heterocycles. The van der Waals surface area contributed by atoms with Gasteiger partial charge in [-0.2, -0.15) is 0 Å². The van der Waals surface area contributed by atoms with Crippen LogP contribution in [0.1, 0.15) is 49.1 Å². The van der Waals surface area contributed by atoms with Gasteiger partial charge in [0.05, 0.1) is 0 Å². The van der Waals surface area contributed by atoms with Gasteiger partial charge in [0, 0.05) is 30.6 Å². The van der Waals surface area contributed by atoms with Crippen molar-refractivity contribution in [1.29, 1.82) is 0 Å². The van der Waals surface area contributed by atoms with Gasteiger partial charge in [0.15, 0.2) is 0 Å². The van der Waals surface area contributed by atoms with Crippen molar-refractivity contribution >= 4 is 11.3 Å². The van der Waals surface area contributed by atoms with Crippen LogP contribution in [0.25, 0.3) is 0 Å². The lowest BCUT2D eigenvalue weighted by atomic mass is 9.84. The van der Waals surface area contributed by atoms with Crippen LogP contribution in [0.15, 0.2) is 11.4 Å². The van der Waals surface area contributed by atoms with E-state index in [-0.39, 0.29) is 0 Å². The molecule has 0 aromatic carbocycles. The van der Waals surface area contributed by atoms with E-state index in [2.05, 4.69) is 35.6 Å². The van der Waals surface area contributed by atoms with Gasteiger partial charge in [-0.05, 0) is 55.7 Å². The third-order valence-electron chi connectivity index (χ3n) is 5.16. The summed E-state index contributed by atoms with van der Waals surface area (Å²) in [7, 11) is 2.11. The number of rotatable bonds is 4. The highest BCUT2D eigenvalue weighted by molar-refractivity contribution is 7.10. The monoisotopic (exact) mass is 278 g/mol. The molecule has 1 atom stereocenters. The Morgan fingerprint density at radius 3 is 2.95 bits per heavy atom. The third-order valence-corrected chi connectivity index (χ3v) is 6.15. The highest BCUT2D eigenvalue weighted by Crippen LogP contribution is 2.41. The van der Waals surface area contributed by atoms with E-state index in [9.17, 15) is 0 Å². The van der Waals surface area contributed by atoms with Crippen LogP contribution in [0.3, 0.4) is 0 Å². The minimum absolute atomic E-state index is 0.538. The lowest BCUT2D eigenvalue weighted by Crippen LogP contribution is -2.44. The Hall–Kier alpha value is -0.380. The molecule has 3 heteroatoms. The molecule has 2 heterocycles. The van der Waals surface area contributed by atoms with Crippen LogP contribution in [0.4, 0.5) is 0 Å². The number of nitrogens with one attached hydrogen (secondary N) is 1. The zero-order chi connectivity index (χ0) is 13.3. The lowest BCUT2D eigenvalue weighted by Gasteiger charge is -2.41. The standard InChI is InChI=1S/C16H26N2S/c1-13-14-6-10-19-15(14)5-9-18(13)12-16(11-17-2)7-3-4-8-16/h6,10,13,17H,3-5,7-9,11-12H2,1-2H3. The van der Waals surface area contributed by atoms with Gasteiger partial charge in [0.1, 0.15) is 0 Å². The summed E-state index contributed by atoms with van der Waals surface area (Å²) in [6.07, 6.45) is 6.93. The van der Waals surface area contributed by atoms with Gasteiger partial charge in [0.25, 0.3) is 0 Å².